The molecule has 0 amide bonds. The van der Waals surface area contributed by atoms with Crippen LogP contribution in [0.4, 0.5) is 0 Å². The summed E-state index contributed by atoms with van der Waals surface area (Å²) in [6.07, 6.45) is -9.69. The number of Topliss-reactive ketones (excluding diaryl/α,β-unsaturated/α-hetero) is 1. The number of ketones is 1. The molecule has 346 valence electrons. The minimum Gasteiger partial charge on any atom is -0.502 e. The number of benzene rings is 1. The average Bonchev–Trinajstić information content (AvgIpc) is 3.47. The van der Waals surface area contributed by atoms with Crippen molar-refractivity contribution in [2.24, 2.45) is 28.6 Å². The zero-order valence-electron chi connectivity index (χ0n) is 35.6. The van der Waals surface area contributed by atoms with Gasteiger partial charge in [-0.25, -0.2) is 4.79 Å². The Morgan fingerprint density at radius 1 is 0.855 bits per heavy atom. The van der Waals surface area contributed by atoms with Gasteiger partial charge in [0.25, 0.3) is 0 Å². The fraction of sp³-hybridized carbons (Fsp3) is 0.727. The summed E-state index contributed by atoms with van der Waals surface area (Å²) >= 11 is 0. The lowest BCUT2D eigenvalue weighted by Gasteiger charge is -2.61. The van der Waals surface area contributed by atoms with Gasteiger partial charge >= 0.3 is 5.97 Å². The summed E-state index contributed by atoms with van der Waals surface area (Å²) in [6.45, 7) is 4.35. The second-order valence-corrected chi connectivity index (χ2v) is 18.4. The second-order valence-electron chi connectivity index (χ2n) is 18.4. The Balaban J connectivity index is 1.03. The number of aromatic hydroxyl groups is 1. The molecule has 6 aliphatic rings. The van der Waals surface area contributed by atoms with E-state index >= 15 is 0 Å². The van der Waals surface area contributed by atoms with Gasteiger partial charge in [0, 0.05) is 17.4 Å². The van der Waals surface area contributed by atoms with Crippen LogP contribution in [-0.4, -0.2) is 164 Å². The van der Waals surface area contributed by atoms with Crippen molar-refractivity contribution >= 4 is 17.8 Å². The minimum absolute atomic E-state index is 0.0231. The van der Waals surface area contributed by atoms with E-state index in [1.807, 2.05) is 6.92 Å². The fourth-order valence-corrected chi connectivity index (χ4v) is 11.6. The smallest absolute Gasteiger partial charge is 0.330 e. The zero-order chi connectivity index (χ0) is 45.1. The van der Waals surface area contributed by atoms with Crippen LogP contribution in [0.5, 0.6) is 17.2 Å². The maximum absolute atomic E-state index is 12.7. The molecule has 0 aromatic heterocycles. The van der Waals surface area contributed by atoms with E-state index < -0.39 is 110 Å². The molecule has 3 saturated carbocycles. The minimum atomic E-state index is -1.89. The molecule has 0 unspecified atom stereocenters. The number of carbonyl (C=O) groups is 2. The number of phenolic OH excluding ortho intramolecular Hbond substituents is 1. The van der Waals surface area contributed by atoms with E-state index in [1.54, 1.807) is 0 Å². The Labute approximate surface area is 359 Å². The molecule has 2 heterocycles. The lowest BCUT2D eigenvalue weighted by molar-refractivity contribution is -0.372. The number of fused-ring (bicyclic) bond motifs is 5. The van der Waals surface area contributed by atoms with E-state index in [1.165, 1.54) is 39.4 Å². The second kappa shape index (κ2) is 18.0. The Bertz CT molecular complexity index is 1850. The van der Waals surface area contributed by atoms with Crippen molar-refractivity contribution in [1.82, 2.24) is 0 Å². The van der Waals surface area contributed by atoms with Crippen molar-refractivity contribution in [3.8, 4) is 17.2 Å². The first-order valence-electron chi connectivity index (χ1n) is 21.4. The van der Waals surface area contributed by atoms with Gasteiger partial charge in [0.2, 0.25) is 5.75 Å². The first kappa shape index (κ1) is 46.7. The predicted octanol–water partition coefficient (Wildman–Crippen LogP) is 0.237. The van der Waals surface area contributed by atoms with Gasteiger partial charge in [-0.15, -0.1) is 0 Å². The quantitative estimate of drug-likeness (QED) is 0.0772. The number of esters is 1. The Morgan fingerprint density at radius 2 is 1.52 bits per heavy atom. The molecule has 18 atom stereocenters. The SMILES string of the molecule is COc1cc(C=CC(=O)OC[C@H]2O[C@@H](O[C@H]3[C@H](O[C@H]4CC[C@@]5(C)C(=CC[C@@H]6[C@@H]5CC[C@]5(C)[C@@H](C(C)=O)C[C@@H](O)[C@]65O)C4)O[C@H](CO)[C@@H](O)[C@@H]3O)[C@H](O)[C@@H](O)[C@@H]2O)cc(OC)c1O. The maximum atomic E-state index is 12.7. The number of methoxy groups -OCH3 is 2. The number of carbonyl (C=O) groups excluding carboxylic acids is 2. The van der Waals surface area contributed by atoms with Crippen LogP contribution in [0.15, 0.2) is 29.9 Å². The van der Waals surface area contributed by atoms with Crippen molar-refractivity contribution in [2.45, 2.75) is 145 Å². The highest BCUT2D eigenvalue weighted by Gasteiger charge is 2.70. The molecular weight excluding hydrogens is 816 g/mol. The van der Waals surface area contributed by atoms with E-state index in [0.717, 1.165) is 18.1 Å². The van der Waals surface area contributed by atoms with Gasteiger partial charge in [0.1, 0.15) is 61.2 Å². The van der Waals surface area contributed by atoms with Crippen molar-refractivity contribution in [3.63, 3.8) is 0 Å². The third kappa shape index (κ3) is 7.97. The van der Waals surface area contributed by atoms with Crippen LogP contribution >= 0.6 is 0 Å². The average molecular weight is 879 g/mol. The summed E-state index contributed by atoms with van der Waals surface area (Å²) in [5.41, 5.74) is -0.994. The van der Waals surface area contributed by atoms with Crippen LogP contribution in [0.2, 0.25) is 0 Å². The highest BCUT2D eigenvalue weighted by atomic mass is 16.8. The van der Waals surface area contributed by atoms with Crippen LogP contribution < -0.4 is 9.47 Å². The molecule has 2 saturated heterocycles. The highest BCUT2D eigenvalue weighted by molar-refractivity contribution is 5.87. The molecule has 0 bridgehead atoms. The fourth-order valence-electron chi connectivity index (χ4n) is 11.6. The first-order valence-corrected chi connectivity index (χ1v) is 21.4. The third-order valence-electron chi connectivity index (χ3n) is 15.2. The van der Waals surface area contributed by atoms with Gasteiger partial charge in [0.05, 0.1) is 38.6 Å². The topological polar surface area (TPSA) is 281 Å². The van der Waals surface area contributed by atoms with Gasteiger partial charge in [0.15, 0.2) is 24.1 Å². The highest BCUT2D eigenvalue weighted by Crippen LogP contribution is 2.68. The molecule has 2 aliphatic heterocycles. The molecule has 62 heavy (non-hydrogen) atoms. The molecule has 18 nitrogen and oxygen atoms in total. The Morgan fingerprint density at radius 3 is 2.16 bits per heavy atom. The van der Waals surface area contributed by atoms with Crippen molar-refractivity contribution < 1.29 is 88.7 Å². The number of aliphatic hydroxyl groups excluding tert-OH is 7. The van der Waals surface area contributed by atoms with Gasteiger partial charge in [-0.2, -0.15) is 0 Å². The molecule has 9 N–H and O–H groups in total. The Kier molecular flexibility index (Phi) is 13.5. The van der Waals surface area contributed by atoms with E-state index in [0.29, 0.717) is 37.7 Å². The molecule has 5 fully saturated rings. The number of hydrogen-bond donors (Lipinski definition) is 9. The molecule has 7 rings (SSSR count). The molecule has 18 heteroatoms. The lowest BCUT2D eigenvalue weighted by atomic mass is 9.45. The van der Waals surface area contributed by atoms with Crippen LogP contribution in [0, 0.1) is 28.6 Å². The zero-order valence-corrected chi connectivity index (χ0v) is 35.6. The largest absolute Gasteiger partial charge is 0.502 e. The number of hydrogen-bond acceptors (Lipinski definition) is 18. The van der Waals surface area contributed by atoms with Gasteiger partial charge < -0.3 is 79.1 Å². The first-order chi connectivity index (χ1) is 29.3. The normalized spacial score (nSPS) is 44.1. The molecule has 1 aromatic carbocycles. The monoisotopic (exact) mass is 878 g/mol. The van der Waals surface area contributed by atoms with E-state index in [4.69, 9.17) is 33.2 Å². The van der Waals surface area contributed by atoms with E-state index in [-0.39, 0.29) is 46.7 Å². The van der Waals surface area contributed by atoms with Crippen molar-refractivity contribution in [3.05, 3.63) is 35.4 Å². The predicted molar refractivity (Wildman–Crippen MR) is 214 cm³/mol. The van der Waals surface area contributed by atoms with Gasteiger partial charge in [-0.3, -0.25) is 4.79 Å². The molecule has 1 aromatic rings. The number of ether oxygens (including phenoxy) is 7. The van der Waals surface area contributed by atoms with Crippen LogP contribution in [-0.2, 0) is 33.3 Å². The third-order valence-corrected chi connectivity index (χ3v) is 15.2. The lowest BCUT2D eigenvalue weighted by Crippen LogP contribution is -2.65. The summed E-state index contributed by atoms with van der Waals surface area (Å²) in [5.74, 6) is -1.58. The molecular formula is C44H62O18. The van der Waals surface area contributed by atoms with Crippen LogP contribution in [0.3, 0.4) is 0 Å². The number of rotatable bonds is 12. The van der Waals surface area contributed by atoms with Gasteiger partial charge in [-0.05, 0) is 92.9 Å². The van der Waals surface area contributed by atoms with Crippen molar-refractivity contribution in [1.29, 1.82) is 0 Å². The number of allylic oxidation sites excluding steroid dienone is 1. The molecule has 0 spiro atoms. The summed E-state index contributed by atoms with van der Waals surface area (Å²) in [6, 6.07) is 2.91. The summed E-state index contributed by atoms with van der Waals surface area (Å²) in [5, 5.41) is 98.6. The van der Waals surface area contributed by atoms with Crippen LogP contribution in [0.25, 0.3) is 6.08 Å². The summed E-state index contributed by atoms with van der Waals surface area (Å²) in [7, 11) is 2.70. The van der Waals surface area contributed by atoms with Crippen molar-refractivity contribution in [2.75, 3.05) is 27.4 Å². The standard InChI is InChI=1S/C44H62O18/c1-20(46)26-17-31(47)44(55)25-8-7-22-16-23(10-12-42(22,2)24(25)11-13-43(26,44)3)59-41-39(37(53)34(50)29(18-45)60-41)62-40-38(54)36(52)35(51)30(61-40)19-58-32(48)9-6-21-14-27(56-4)33(49)28(15-21)57-5/h6-7,9,14-15,23-26,29-31,34-41,45,47,49-55H,8,10-13,16-19H2,1-5H3/t23-,24-,25+,26+,29+,30+,31+,34+,35+,36-,37-,38+,39+,40-,41+,42-,43+,44+/m0/s1. The van der Waals surface area contributed by atoms with Gasteiger partial charge in [-0.1, -0.05) is 25.5 Å². The van der Waals surface area contributed by atoms with E-state index in [2.05, 4.69) is 13.0 Å². The molecule has 0 radical (unpaired) electrons. The maximum Gasteiger partial charge on any atom is 0.330 e. The number of phenols is 1. The summed E-state index contributed by atoms with van der Waals surface area (Å²) in [4.78, 5) is 25.4. The van der Waals surface area contributed by atoms with Crippen LogP contribution in [0.1, 0.15) is 71.3 Å². The van der Waals surface area contributed by atoms with E-state index in [9.17, 15) is 55.5 Å². The Hall–Kier alpha value is -3.24. The molecule has 4 aliphatic carbocycles. The summed E-state index contributed by atoms with van der Waals surface area (Å²) < 4.78 is 39.7. The number of aliphatic hydroxyl groups is 8.